The fourth-order valence-corrected chi connectivity index (χ4v) is 9.49. The van der Waals surface area contributed by atoms with Crippen LogP contribution in [-0.4, -0.2) is 79.4 Å². The van der Waals surface area contributed by atoms with Gasteiger partial charge in [-0.2, -0.15) is 18.3 Å². The van der Waals surface area contributed by atoms with Crippen molar-refractivity contribution in [3.05, 3.63) is 88.0 Å². The Morgan fingerprint density at radius 2 is 1.67 bits per heavy atom. The number of aryl methyl sites for hydroxylation is 1. The molecule has 3 fully saturated rings. The maximum absolute atomic E-state index is 13.5. The summed E-state index contributed by atoms with van der Waals surface area (Å²) in [5.41, 5.74) is 1.58. The molecule has 3 aliphatic rings. The van der Waals surface area contributed by atoms with Crippen LogP contribution < -0.4 is 21.2 Å². The number of amides is 3. The fourth-order valence-electron chi connectivity index (χ4n) is 9.49. The SMILES string of the molecule is CN(C[C@H]1CC[C@H](n2cc3cc(NC(=O)c4ccc(C(F)(F)F)cc4)c(C(C)(C)O)cc3n2)CC1)C1CCN(c2cccc3c2n(C)c(=O)n3C2CCC(=O)NC2=O)CC1. The lowest BCUT2D eigenvalue weighted by atomic mass is 9.85. The third kappa shape index (κ3) is 8.06. The molecular weight excluding hydrogens is 778 g/mol. The smallest absolute Gasteiger partial charge is 0.386 e. The van der Waals surface area contributed by atoms with E-state index in [0.717, 1.165) is 99.0 Å². The molecule has 1 atom stereocenters. The Hall–Kier alpha value is -5.48. The van der Waals surface area contributed by atoms with Crippen molar-refractivity contribution in [2.45, 2.75) is 95.1 Å². The maximum Gasteiger partial charge on any atom is 0.416 e. The van der Waals surface area contributed by atoms with Gasteiger partial charge < -0.3 is 20.2 Å². The summed E-state index contributed by atoms with van der Waals surface area (Å²) in [6.07, 6.45) is 3.91. The lowest BCUT2D eigenvalue weighted by Gasteiger charge is -2.40. The van der Waals surface area contributed by atoms with E-state index in [9.17, 15) is 37.5 Å². The molecule has 3 N–H and O–H groups in total. The number of hydrogen-bond donors (Lipinski definition) is 3. The Morgan fingerprint density at radius 3 is 2.32 bits per heavy atom. The van der Waals surface area contributed by atoms with E-state index in [1.807, 2.05) is 29.1 Å². The van der Waals surface area contributed by atoms with E-state index in [-0.39, 0.29) is 29.6 Å². The first-order valence-electron chi connectivity index (χ1n) is 20.7. The van der Waals surface area contributed by atoms with Gasteiger partial charge in [0.05, 0.1) is 39.4 Å². The van der Waals surface area contributed by atoms with E-state index in [4.69, 9.17) is 5.10 Å². The Labute approximate surface area is 345 Å². The molecule has 60 heavy (non-hydrogen) atoms. The molecule has 2 aliphatic heterocycles. The van der Waals surface area contributed by atoms with Crippen molar-refractivity contribution >= 4 is 51.0 Å². The van der Waals surface area contributed by atoms with Gasteiger partial charge in [0.25, 0.3) is 5.91 Å². The number of alkyl halides is 3. The summed E-state index contributed by atoms with van der Waals surface area (Å²) in [6, 6.07) is 13.3. The number of piperidine rings is 2. The molecule has 3 aromatic carbocycles. The minimum Gasteiger partial charge on any atom is -0.386 e. The lowest BCUT2D eigenvalue weighted by Crippen LogP contribution is -2.45. The summed E-state index contributed by atoms with van der Waals surface area (Å²) in [5, 5.41) is 21.9. The Morgan fingerprint density at radius 1 is 0.967 bits per heavy atom. The van der Waals surface area contributed by atoms with E-state index in [1.54, 1.807) is 37.6 Å². The maximum atomic E-state index is 13.5. The molecule has 1 aliphatic carbocycles. The number of nitrogens with zero attached hydrogens (tertiary/aromatic N) is 6. The summed E-state index contributed by atoms with van der Waals surface area (Å²) in [7, 11) is 3.95. The molecule has 0 bridgehead atoms. The number of aliphatic hydroxyl groups is 1. The third-order valence-corrected chi connectivity index (χ3v) is 12.8. The van der Waals surface area contributed by atoms with Gasteiger partial charge in [0.15, 0.2) is 0 Å². The summed E-state index contributed by atoms with van der Waals surface area (Å²) in [5.74, 6) is -0.800. The highest BCUT2D eigenvalue weighted by atomic mass is 19.4. The first kappa shape index (κ1) is 41.3. The Balaban J connectivity index is 0.879. The van der Waals surface area contributed by atoms with Crippen LogP contribution >= 0.6 is 0 Å². The van der Waals surface area contributed by atoms with Crippen molar-refractivity contribution in [1.82, 2.24) is 29.1 Å². The van der Waals surface area contributed by atoms with Gasteiger partial charge >= 0.3 is 11.9 Å². The van der Waals surface area contributed by atoms with Crippen LogP contribution in [0, 0.1) is 5.92 Å². The number of rotatable bonds is 9. The van der Waals surface area contributed by atoms with Crippen LogP contribution in [0.5, 0.6) is 0 Å². The highest BCUT2D eigenvalue weighted by Gasteiger charge is 2.34. The number of carbonyl (C=O) groups is 3. The average Bonchev–Trinajstić information content (AvgIpc) is 3.74. The molecule has 318 valence electrons. The van der Waals surface area contributed by atoms with Crippen LogP contribution in [-0.2, 0) is 28.4 Å². The lowest BCUT2D eigenvalue weighted by molar-refractivity contribution is -0.138. The van der Waals surface area contributed by atoms with Gasteiger partial charge in [-0.15, -0.1) is 0 Å². The van der Waals surface area contributed by atoms with Gasteiger partial charge in [0.1, 0.15) is 6.04 Å². The molecule has 16 heteroatoms. The molecular formula is C44H51F3N8O5. The zero-order chi connectivity index (χ0) is 42.7. The zero-order valence-electron chi connectivity index (χ0n) is 34.3. The number of carbonyl (C=O) groups excluding carboxylic acids is 3. The standard InChI is InChI=1S/C44H51F3N8O5/c1-43(2,60)32-23-33-28(22-34(32)48-40(57)27-10-12-29(13-11-27)44(45,46)47)25-54(50-33)31-14-8-26(9-15-31)24-51(3)30-18-20-53(21-19-30)35-6-5-7-36-39(35)52(4)42(59)55(36)37-16-17-38(56)49-41(37)58/h5-7,10-13,22-23,25-26,30-31,37,60H,8-9,14-21,24H2,1-4H3,(H,48,57)(H,49,56,58)/t26-,31-,37?. The van der Waals surface area contributed by atoms with Crippen LogP contribution in [0.2, 0.25) is 0 Å². The second-order valence-electron chi connectivity index (χ2n) is 17.3. The van der Waals surface area contributed by atoms with E-state index in [1.165, 1.54) is 4.57 Å². The summed E-state index contributed by atoms with van der Waals surface area (Å²) < 4.78 is 44.4. The number of fused-ring (bicyclic) bond motifs is 2. The molecule has 1 unspecified atom stereocenters. The Bertz CT molecular complexity index is 2500. The number of aromatic nitrogens is 4. The van der Waals surface area contributed by atoms with Crippen LogP contribution in [0.25, 0.3) is 21.9 Å². The van der Waals surface area contributed by atoms with E-state index < -0.39 is 35.2 Å². The molecule has 5 aromatic rings. The number of anilines is 2. The third-order valence-electron chi connectivity index (χ3n) is 12.8. The van der Waals surface area contributed by atoms with Crippen molar-refractivity contribution in [2.75, 3.05) is 36.9 Å². The quantitative estimate of drug-likeness (QED) is 0.143. The average molecular weight is 829 g/mol. The number of nitrogens with one attached hydrogen (secondary N) is 2. The van der Waals surface area contributed by atoms with Gasteiger partial charge in [0, 0.05) is 67.5 Å². The highest BCUT2D eigenvalue weighted by molar-refractivity contribution is 6.06. The van der Waals surface area contributed by atoms with E-state index in [0.29, 0.717) is 40.7 Å². The molecule has 4 heterocycles. The molecule has 0 radical (unpaired) electrons. The van der Waals surface area contributed by atoms with Gasteiger partial charge in [-0.25, -0.2) is 4.79 Å². The van der Waals surface area contributed by atoms with E-state index >= 15 is 0 Å². The van der Waals surface area contributed by atoms with Crippen molar-refractivity contribution in [1.29, 1.82) is 0 Å². The second-order valence-corrected chi connectivity index (χ2v) is 17.3. The topological polar surface area (TPSA) is 147 Å². The van der Waals surface area contributed by atoms with Crippen LogP contribution in [0.1, 0.15) is 98.8 Å². The molecule has 8 rings (SSSR count). The number of benzene rings is 3. The predicted octanol–water partition coefficient (Wildman–Crippen LogP) is 6.50. The van der Waals surface area contributed by atoms with Gasteiger partial charge in [-0.1, -0.05) is 6.07 Å². The van der Waals surface area contributed by atoms with Crippen LogP contribution in [0.15, 0.2) is 65.6 Å². The number of hydrogen-bond acceptors (Lipinski definition) is 8. The van der Waals surface area contributed by atoms with Gasteiger partial charge in [0.2, 0.25) is 11.8 Å². The molecule has 2 saturated heterocycles. The second kappa shape index (κ2) is 15.8. The van der Waals surface area contributed by atoms with Crippen molar-refractivity contribution in [3.63, 3.8) is 0 Å². The van der Waals surface area contributed by atoms with Crippen molar-refractivity contribution < 1.29 is 32.7 Å². The normalized spacial score (nSPS) is 20.9. The van der Waals surface area contributed by atoms with Gasteiger partial charge in [-0.3, -0.25) is 33.5 Å². The monoisotopic (exact) mass is 828 g/mol. The predicted molar refractivity (Wildman–Crippen MR) is 222 cm³/mol. The molecule has 0 spiro atoms. The molecule has 2 aromatic heterocycles. The number of para-hydroxylation sites is 1. The number of imidazole rings is 1. The summed E-state index contributed by atoms with van der Waals surface area (Å²) >= 11 is 0. The van der Waals surface area contributed by atoms with Crippen molar-refractivity contribution in [3.8, 4) is 0 Å². The first-order chi connectivity index (χ1) is 28.5. The summed E-state index contributed by atoms with van der Waals surface area (Å²) in [6.45, 7) is 5.88. The minimum absolute atomic E-state index is 0.0665. The first-order valence-corrected chi connectivity index (χ1v) is 20.7. The fraction of sp³-hybridized carbons (Fsp3) is 0.477. The number of halogens is 3. The highest BCUT2D eigenvalue weighted by Crippen LogP contribution is 2.38. The Kier molecular flexibility index (Phi) is 10.9. The van der Waals surface area contributed by atoms with Gasteiger partial charge in [-0.05, 0) is 120 Å². The molecule has 1 saturated carbocycles. The number of imide groups is 1. The summed E-state index contributed by atoms with van der Waals surface area (Å²) in [4.78, 5) is 55.9. The van der Waals surface area contributed by atoms with Crippen LogP contribution in [0.3, 0.4) is 0 Å². The van der Waals surface area contributed by atoms with Crippen LogP contribution in [0.4, 0.5) is 24.5 Å². The molecule has 3 amide bonds. The van der Waals surface area contributed by atoms with Crippen molar-refractivity contribution in [2.24, 2.45) is 13.0 Å². The molecule has 13 nitrogen and oxygen atoms in total. The largest absolute Gasteiger partial charge is 0.416 e. The minimum atomic E-state index is -4.51. The zero-order valence-corrected chi connectivity index (χ0v) is 34.3. The van der Waals surface area contributed by atoms with E-state index in [2.05, 4.69) is 27.5 Å².